The summed E-state index contributed by atoms with van der Waals surface area (Å²) < 4.78 is 0. The fourth-order valence-electron chi connectivity index (χ4n) is 4.35. The number of hydrogen-bond acceptors (Lipinski definition) is 3. The third kappa shape index (κ3) is 2.52. The Balaban J connectivity index is 1.79. The van der Waals surface area contributed by atoms with Crippen LogP contribution in [0.3, 0.4) is 0 Å². The normalized spacial score (nSPS) is 24.0. The third-order valence-electron chi connectivity index (χ3n) is 5.78. The zero-order valence-electron chi connectivity index (χ0n) is 13.1. The van der Waals surface area contributed by atoms with Crippen LogP contribution in [-0.2, 0) is 12.8 Å². The van der Waals surface area contributed by atoms with E-state index in [1.165, 1.54) is 17.5 Å². The molecule has 1 aromatic rings. The van der Waals surface area contributed by atoms with Gasteiger partial charge in [-0.25, -0.2) is 0 Å². The lowest BCUT2D eigenvalue weighted by molar-refractivity contribution is -0.114. The van der Waals surface area contributed by atoms with Crippen LogP contribution in [0.2, 0.25) is 0 Å². The first kappa shape index (κ1) is 15.0. The molecule has 116 valence electrons. The zero-order valence-corrected chi connectivity index (χ0v) is 13.1. The monoisotopic (exact) mass is 288 g/mol. The van der Waals surface area contributed by atoms with E-state index in [9.17, 15) is 5.11 Å². The fraction of sp³-hybridized carbons (Fsp3) is 0.667. The molecule has 3 N–H and O–H groups in total. The van der Waals surface area contributed by atoms with Crippen molar-refractivity contribution in [3.63, 3.8) is 0 Å². The molecule has 0 aromatic heterocycles. The highest BCUT2D eigenvalue weighted by Gasteiger charge is 2.53. The molecule has 3 rings (SSSR count). The first-order valence-electron chi connectivity index (χ1n) is 8.34. The second kappa shape index (κ2) is 5.71. The second-order valence-corrected chi connectivity index (χ2v) is 6.98. The van der Waals surface area contributed by atoms with Gasteiger partial charge in [-0.05, 0) is 49.8 Å². The van der Waals surface area contributed by atoms with Gasteiger partial charge in [0.15, 0.2) is 0 Å². The summed E-state index contributed by atoms with van der Waals surface area (Å²) in [6.45, 7) is 5.94. The summed E-state index contributed by atoms with van der Waals surface area (Å²) in [6.07, 6.45) is 4.77. The van der Waals surface area contributed by atoms with Gasteiger partial charge >= 0.3 is 0 Å². The molecule has 0 saturated carbocycles. The molecule has 0 atom stereocenters. The van der Waals surface area contributed by atoms with E-state index in [4.69, 9.17) is 5.73 Å². The summed E-state index contributed by atoms with van der Waals surface area (Å²) in [5.41, 5.74) is 8.18. The molecule has 1 aliphatic heterocycles. The molecule has 1 aromatic carbocycles. The average molecular weight is 288 g/mol. The van der Waals surface area contributed by atoms with Gasteiger partial charge in [-0.3, -0.25) is 0 Å². The van der Waals surface area contributed by atoms with E-state index < -0.39 is 5.60 Å². The van der Waals surface area contributed by atoms with E-state index in [1.807, 2.05) is 0 Å². The first-order chi connectivity index (χ1) is 10.1. The average Bonchev–Trinajstić information content (AvgIpc) is 2.90. The van der Waals surface area contributed by atoms with Crippen molar-refractivity contribution in [2.45, 2.75) is 44.6 Å². The van der Waals surface area contributed by atoms with Gasteiger partial charge in [0.1, 0.15) is 0 Å². The second-order valence-electron chi connectivity index (χ2n) is 6.98. The van der Waals surface area contributed by atoms with Crippen LogP contribution in [0.4, 0.5) is 0 Å². The quantitative estimate of drug-likeness (QED) is 0.890. The smallest absolute Gasteiger partial charge is 0.0746 e. The molecule has 1 aliphatic carbocycles. The van der Waals surface area contributed by atoms with Crippen molar-refractivity contribution in [1.82, 2.24) is 4.90 Å². The van der Waals surface area contributed by atoms with E-state index in [2.05, 4.69) is 36.1 Å². The van der Waals surface area contributed by atoms with E-state index in [0.717, 1.165) is 45.3 Å². The largest absolute Gasteiger partial charge is 0.389 e. The van der Waals surface area contributed by atoms with Crippen molar-refractivity contribution in [3.8, 4) is 0 Å². The lowest BCUT2D eigenvalue weighted by atomic mass is 9.65. The molecule has 3 heteroatoms. The Morgan fingerprint density at radius 1 is 1.14 bits per heavy atom. The zero-order chi connectivity index (χ0) is 14.9. The van der Waals surface area contributed by atoms with Crippen LogP contribution in [0.5, 0.6) is 0 Å². The maximum absolute atomic E-state index is 11.4. The summed E-state index contributed by atoms with van der Waals surface area (Å²) in [7, 11) is 0. The van der Waals surface area contributed by atoms with E-state index >= 15 is 0 Å². The predicted octanol–water partition coefficient (Wildman–Crippen LogP) is 1.97. The van der Waals surface area contributed by atoms with Crippen molar-refractivity contribution in [2.24, 2.45) is 11.1 Å². The number of benzene rings is 1. The van der Waals surface area contributed by atoms with Crippen molar-refractivity contribution < 1.29 is 5.11 Å². The number of likely N-dealkylation sites (tertiary alicyclic amines) is 1. The number of nitrogens with zero attached hydrogens (tertiary/aromatic N) is 1. The van der Waals surface area contributed by atoms with Gasteiger partial charge in [-0.2, -0.15) is 0 Å². The Morgan fingerprint density at radius 3 is 2.19 bits per heavy atom. The highest BCUT2D eigenvalue weighted by molar-refractivity contribution is 5.36. The molecule has 0 unspecified atom stereocenters. The minimum atomic E-state index is -0.606. The van der Waals surface area contributed by atoms with E-state index in [0.29, 0.717) is 6.54 Å². The molecule has 3 nitrogen and oxygen atoms in total. The number of rotatable bonds is 4. The van der Waals surface area contributed by atoms with Crippen molar-refractivity contribution >= 4 is 0 Å². The summed E-state index contributed by atoms with van der Waals surface area (Å²) in [6, 6.07) is 8.59. The van der Waals surface area contributed by atoms with Crippen LogP contribution >= 0.6 is 0 Å². The van der Waals surface area contributed by atoms with Crippen molar-refractivity contribution in [3.05, 3.63) is 35.4 Å². The molecule has 0 bridgehead atoms. The summed E-state index contributed by atoms with van der Waals surface area (Å²) in [5.74, 6) is 0. The molecule has 21 heavy (non-hydrogen) atoms. The lowest BCUT2D eigenvalue weighted by Crippen LogP contribution is -2.58. The van der Waals surface area contributed by atoms with Crippen LogP contribution in [0.15, 0.2) is 24.3 Å². The summed E-state index contributed by atoms with van der Waals surface area (Å²) >= 11 is 0. The number of aliphatic hydroxyl groups is 1. The third-order valence-corrected chi connectivity index (χ3v) is 5.78. The van der Waals surface area contributed by atoms with Gasteiger partial charge in [-0.1, -0.05) is 31.2 Å². The van der Waals surface area contributed by atoms with Gasteiger partial charge < -0.3 is 15.7 Å². The van der Waals surface area contributed by atoms with Crippen LogP contribution in [0, 0.1) is 5.41 Å². The van der Waals surface area contributed by atoms with E-state index in [-0.39, 0.29) is 5.41 Å². The fourth-order valence-corrected chi connectivity index (χ4v) is 4.35. The minimum absolute atomic E-state index is 0.158. The molecule has 1 saturated heterocycles. The van der Waals surface area contributed by atoms with Crippen molar-refractivity contribution in [1.29, 1.82) is 0 Å². The molecule has 1 fully saturated rings. The molecular formula is C18H28N2O. The minimum Gasteiger partial charge on any atom is -0.389 e. The number of hydrogen-bond donors (Lipinski definition) is 2. The number of fused-ring (bicyclic) bond motifs is 1. The Bertz CT molecular complexity index is 467. The molecule has 1 heterocycles. The predicted molar refractivity (Wildman–Crippen MR) is 86.3 cm³/mol. The molecule has 2 aliphatic rings. The van der Waals surface area contributed by atoms with Gasteiger partial charge in [0.25, 0.3) is 0 Å². The number of piperidine rings is 1. The summed E-state index contributed by atoms with van der Waals surface area (Å²) in [5, 5.41) is 11.4. The standard InChI is InChI=1S/C18H28N2O/c1-2-9-20-10-7-18(21,8-11-20)17(14-19)12-15-5-3-4-6-16(15)13-17/h3-6,21H,2,7-14,19H2,1H3. The van der Waals surface area contributed by atoms with Gasteiger partial charge in [0.05, 0.1) is 5.60 Å². The van der Waals surface area contributed by atoms with Crippen LogP contribution in [-0.4, -0.2) is 41.8 Å². The van der Waals surface area contributed by atoms with E-state index in [1.54, 1.807) is 0 Å². The molecule has 0 radical (unpaired) electrons. The Labute approximate surface area is 128 Å². The van der Waals surface area contributed by atoms with Crippen LogP contribution < -0.4 is 5.73 Å². The Hall–Kier alpha value is -0.900. The maximum Gasteiger partial charge on any atom is 0.0746 e. The molecular weight excluding hydrogens is 260 g/mol. The number of nitrogens with two attached hydrogens (primary N) is 1. The topological polar surface area (TPSA) is 49.5 Å². The summed E-state index contributed by atoms with van der Waals surface area (Å²) in [4.78, 5) is 2.47. The van der Waals surface area contributed by atoms with Crippen LogP contribution in [0.1, 0.15) is 37.3 Å². The van der Waals surface area contributed by atoms with Crippen molar-refractivity contribution in [2.75, 3.05) is 26.2 Å². The van der Waals surface area contributed by atoms with Crippen LogP contribution in [0.25, 0.3) is 0 Å². The van der Waals surface area contributed by atoms with Gasteiger partial charge in [0, 0.05) is 25.0 Å². The maximum atomic E-state index is 11.4. The Morgan fingerprint density at radius 2 is 1.71 bits per heavy atom. The molecule has 0 amide bonds. The highest BCUT2D eigenvalue weighted by Crippen LogP contribution is 2.48. The SMILES string of the molecule is CCCN1CCC(O)(C2(CN)Cc3ccccc3C2)CC1. The highest BCUT2D eigenvalue weighted by atomic mass is 16.3. The molecule has 0 spiro atoms. The lowest BCUT2D eigenvalue weighted by Gasteiger charge is -2.49. The Kier molecular flexibility index (Phi) is 4.08. The first-order valence-corrected chi connectivity index (χ1v) is 8.34. The van der Waals surface area contributed by atoms with Gasteiger partial charge in [0.2, 0.25) is 0 Å². The van der Waals surface area contributed by atoms with Gasteiger partial charge in [-0.15, -0.1) is 0 Å².